The molecule has 2 atom stereocenters. The van der Waals surface area contributed by atoms with Crippen LogP contribution < -0.4 is 10.2 Å². The Labute approximate surface area is 233 Å². The predicted molar refractivity (Wildman–Crippen MR) is 149 cm³/mol. The number of nitrogens with zero attached hydrogens (tertiary/aromatic N) is 3. The zero-order chi connectivity index (χ0) is 28.2. The van der Waals surface area contributed by atoms with Crippen LogP contribution in [0.5, 0.6) is 5.75 Å². The average molecular weight is 549 g/mol. The molecule has 1 saturated heterocycles. The van der Waals surface area contributed by atoms with Gasteiger partial charge in [0.15, 0.2) is 6.29 Å². The number of fused-ring (bicyclic) bond motifs is 3. The Kier molecular flexibility index (Phi) is 8.49. The van der Waals surface area contributed by atoms with Gasteiger partial charge in [0.1, 0.15) is 5.75 Å². The van der Waals surface area contributed by atoms with Crippen molar-refractivity contribution in [3.8, 4) is 5.75 Å². The van der Waals surface area contributed by atoms with E-state index in [0.717, 1.165) is 57.6 Å². The number of rotatable bonds is 9. The fourth-order valence-electron chi connectivity index (χ4n) is 5.56. The van der Waals surface area contributed by atoms with E-state index in [4.69, 9.17) is 14.3 Å². The molecule has 1 aromatic heterocycles. The number of hydrogen-bond donors (Lipinski definition) is 1. The lowest BCUT2D eigenvalue weighted by molar-refractivity contribution is -0.186. The second kappa shape index (κ2) is 12.2. The second-order valence-electron chi connectivity index (χ2n) is 10.4. The summed E-state index contributed by atoms with van der Waals surface area (Å²) >= 11 is 0. The van der Waals surface area contributed by atoms with Crippen LogP contribution >= 0.6 is 0 Å². The van der Waals surface area contributed by atoms with Gasteiger partial charge in [0, 0.05) is 61.9 Å². The van der Waals surface area contributed by atoms with Crippen LogP contribution in [0.15, 0.2) is 42.5 Å². The maximum atomic E-state index is 13.3. The molecule has 2 aromatic carbocycles. The summed E-state index contributed by atoms with van der Waals surface area (Å²) in [7, 11) is 3.48. The highest BCUT2D eigenvalue weighted by atomic mass is 16.8. The first kappa shape index (κ1) is 27.8. The second-order valence-corrected chi connectivity index (χ2v) is 10.4. The number of benzene rings is 2. The van der Waals surface area contributed by atoms with Crippen LogP contribution in [0.3, 0.4) is 0 Å². The van der Waals surface area contributed by atoms with Gasteiger partial charge in [-0.05, 0) is 68.3 Å². The maximum absolute atomic E-state index is 13.3. The topological polar surface area (TPSA) is 102 Å². The summed E-state index contributed by atoms with van der Waals surface area (Å²) in [5.74, 6) is -0.307. The van der Waals surface area contributed by atoms with E-state index in [2.05, 4.69) is 14.9 Å². The summed E-state index contributed by atoms with van der Waals surface area (Å²) in [5, 5.41) is 0.949. The molecular formula is C30H36N4O6. The summed E-state index contributed by atoms with van der Waals surface area (Å²) in [5.41, 5.74) is 6.94. The SMILES string of the molecule is CCOc1ccc2c(c1)c1c(n2Cc2ccc(C(=O)NOC3CCCCO3)cc2)CN(C)CC1C(=O)N(C)C=O. The number of carbonyl (C=O) groups excluding carboxylic acids is 3. The van der Waals surface area contributed by atoms with E-state index >= 15 is 0 Å². The molecule has 0 spiro atoms. The molecule has 5 rings (SSSR count). The van der Waals surface area contributed by atoms with E-state index in [1.165, 1.54) is 7.05 Å². The first-order chi connectivity index (χ1) is 19.4. The number of hydrogen-bond acceptors (Lipinski definition) is 7. The lowest BCUT2D eigenvalue weighted by atomic mass is 9.91. The molecule has 1 N–H and O–H groups in total. The zero-order valence-corrected chi connectivity index (χ0v) is 23.2. The maximum Gasteiger partial charge on any atom is 0.274 e. The van der Waals surface area contributed by atoms with Crippen molar-refractivity contribution in [3.05, 3.63) is 64.8 Å². The number of imide groups is 1. The fraction of sp³-hybridized carbons (Fsp3) is 0.433. The van der Waals surface area contributed by atoms with Crippen LogP contribution in [-0.4, -0.2) is 72.7 Å². The highest BCUT2D eigenvalue weighted by Gasteiger charge is 2.35. The van der Waals surface area contributed by atoms with Crippen molar-refractivity contribution in [3.63, 3.8) is 0 Å². The molecule has 2 aliphatic heterocycles. The molecule has 0 radical (unpaired) electrons. The molecule has 10 heteroatoms. The van der Waals surface area contributed by atoms with Gasteiger partial charge < -0.3 is 14.0 Å². The minimum atomic E-state index is -0.483. The number of nitrogens with one attached hydrogen (secondary N) is 1. The lowest BCUT2D eigenvalue weighted by Crippen LogP contribution is -2.40. The van der Waals surface area contributed by atoms with Gasteiger partial charge in [0.2, 0.25) is 12.3 Å². The van der Waals surface area contributed by atoms with Crippen LogP contribution in [0, 0.1) is 0 Å². The van der Waals surface area contributed by atoms with E-state index in [0.29, 0.717) is 44.8 Å². The molecule has 2 unspecified atom stereocenters. The fourth-order valence-corrected chi connectivity index (χ4v) is 5.56. The molecule has 3 heterocycles. The van der Waals surface area contributed by atoms with Gasteiger partial charge in [-0.1, -0.05) is 12.1 Å². The van der Waals surface area contributed by atoms with Gasteiger partial charge in [0.25, 0.3) is 5.91 Å². The predicted octanol–water partition coefficient (Wildman–Crippen LogP) is 3.42. The smallest absolute Gasteiger partial charge is 0.274 e. The Bertz CT molecular complexity index is 1380. The van der Waals surface area contributed by atoms with Gasteiger partial charge in [-0.3, -0.25) is 24.2 Å². The first-order valence-electron chi connectivity index (χ1n) is 13.7. The molecule has 2 aliphatic rings. The van der Waals surface area contributed by atoms with Crippen molar-refractivity contribution in [2.45, 2.75) is 51.5 Å². The van der Waals surface area contributed by atoms with Crippen molar-refractivity contribution in [2.24, 2.45) is 0 Å². The quantitative estimate of drug-likeness (QED) is 0.323. The van der Waals surface area contributed by atoms with Crippen LogP contribution in [-0.2, 0) is 32.3 Å². The van der Waals surface area contributed by atoms with E-state index in [9.17, 15) is 14.4 Å². The Hall–Kier alpha value is -3.73. The standard InChI is InChI=1S/C30H36N4O6/c1-4-38-22-12-13-25-23(15-22)28-24(30(37)33(3)19-35)17-32(2)18-26(28)34(25)16-20-8-10-21(11-9-20)29(36)31-40-27-7-5-6-14-39-27/h8-13,15,19,24,27H,4-7,14,16-18H2,1-3H3,(H,31,36). The monoisotopic (exact) mass is 548 g/mol. The van der Waals surface area contributed by atoms with Crippen molar-refractivity contribution in [1.29, 1.82) is 0 Å². The third kappa shape index (κ3) is 5.74. The molecule has 212 valence electrons. The van der Waals surface area contributed by atoms with E-state index in [1.807, 2.05) is 44.3 Å². The average Bonchev–Trinajstić information content (AvgIpc) is 3.27. The van der Waals surface area contributed by atoms with Crippen LogP contribution in [0.1, 0.15) is 59.3 Å². The number of aromatic nitrogens is 1. The van der Waals surface area contributed by atoms with Crippen molar-refractivity contribution in [2.75, 3.05) is 33.9 Å². The highest BCUT2D eigenvalue weighted by molar-refractivity contribution is 5.98. The first-order valence-corrected chi connectivity index (χ1v) is 13.7. The summed E-state index contributed by atoms with van der Waals surface area (Å²) in [4.78, 5) is 46.0. The normalized spacial score (nSPS) is 19.2. The number of amides is 3. The summed E-state index contributed by atoms with van der Waals surface area (Å²) < 4.78 is 13.5. The summed E-state index contributed by atoms with van der Waals surface area (Å²) in [6, 6.07) is 13.4. The van der Waals surface area contributed by atoms with Gasteiger partial charge in [-0.25, -0.2) is 10.3 Å². The lowest BCUT2D eigenvalue weighted by Gasteiger charge is -2.31. The third-order valence-corrected chi connectivity index (χ3v) is 7.54. The molecule has 0 saturated carbocycles. The number of hydroxylamine groups is 1. The Morgan fingerprint density at radius 2 is 1.98 bits per heavy atom. The number of likely N-dealkylation sites (N-methyl/N-ethyl adjacent to an activating group) is 2. The van der Waals surface area contributed by atoms with E-state index < -0.39 is 12.2 Å². The van der Waals surface area contributed by atoms with Crippen LogP contribution in [0.4, 0.5) is 0 Å². The molecule has 3 aromatic rings. The van der Waals surface area contributed by atoms with Crippen molar-refractivity contribution >= 4 is 29.1 Å². The number of carbonyl (C=O) groups is 3. The van der Waals surface area contributed by atoms with Crippen LogP contribution in [0.2, 0.25) is 0 Å². The van der Waals surface area contributed by atoms with Crippen molar-refractivity contribution in [1.82, 2.24) is 19.8 Å². The van der Waals surface area contributed by atoms with Gasteiger partial charge >= 0.3 is 0 Å². The molecular weight excluding hydrogens is 512 g/mol. The number of ether oxygens (including phenoxy) is 2. The summed E-state index contributed by atoms with van der Waals surface area (Å²) in [6.45, 7) is 4.82. The Morgan fingerprint density at radius 1 is 1.18 bits per heavy atom. The van der Waals surface area contributed by atoms with Gasteiger partial charge in [-0.15, -0.1) is 0 Å². The molecule has 40 heavy (non-hydrogen) atoms. The van der Waals surface area contributed by atoms with Crippen LogP contribution in [0.25, 0.3) is 10.9 Å². The molecule has 0 aliphatic carbocycles. The molecule has 10 nitrogen and oxygen atoms in total. The largest absolute Gasteiger partial charge is 0.494 e. The van der Waals surface area contributed by atoms with Gasteiger partial charge in [-0.2, -0.15) is 0 Å². The minimum absolute atomic E-state index is 0.236. The van der Waals surface area contributed by atoms with Gasteiger partial charge in [0.05, 0.1) is 12.5 Å². The van der Waals surface area contributed by atoms with E-state index in [1.54, 1.807) is 12.1 Å². The third-order valence-electron chi connectivity index (χ3n) is 7.54. The molecule has 1 fully saturated rings. The molecule has 3 amide bonds. The molecule has 0 bridgehead atoms. The Morgan fingerprint density at radius 3 is 2.67 bits per heavy atom. The van der Waals surface area contributed by atoms with E-state index in [-0.39, 0.29) is 11.8 Å². The van der Waals surface area contributed by atoms with Crippen molar-refractivity contribution < 1.29 is 28.7 Å². The Balaban J connectivity index is 1.44. The highest BCUT2D eigenvalue weighted by Crippen LogP contribution is 2.39. The summed E-state index contributed by atoms with van der Waals surface area (Å²) in [6.07, 6.45) is 2.93. The zero-order valence-electron chi connectivity index (χ0n) is 23.2. The minimum Gasteiger partial charge on any atom is -0.494 e.